The molecule has 0 aliphatic rings. The topological polar surface area (TPSA) is 55.2 Å². The van der Waals surface area contributed by atoms with Gasteiger partial charge in [-0.2, -0.15) is 0 Å². The Hall–Kier alpha value is -1.88. The van der Waals surface area contributed by atoms with Crippen LogP contribution in [0.2, 0.25) is 0 Å². The van der Waals surface area contributed by atoms with Crippen molar-refractivity contribution in [1.82, 2.24) is 0 Å². The number of aryl methyl sites for hydroxylation is 1. The summed E-state index contributed by atoms with van der Waals surface area (Å²) >= 11 is 3.48. The fourth-order valence-electron chi connectivity index (χ4n) is 2.26. The van der Waals surface area contributed by atoms with Crippen LogP contribution in [0.5, 0.6) is 0 Å². The van der Waals surface area contributed by atoms with Crippen molar-refractivity contribution in [3.8, 4) is 0 Å². The first-order chi connectivity index (χ1) is 10.0. The lowest BCUT2D eigenvalue weighted by Crippen LogP contribution is -2.10. The first kappa shape index (κ1) is 15.5. The fraction of sp³-hybridized carbons (Fsp3) is 0.250. The molecule has 0 fully saturated rings. The van der Waals surface area contributed by atoms with Crippen LogP contribution in [0.3, 0.4) is 0 Å². The summed E-state index contributed by atoms with van der Waals surface area (Å²) in [4.78, 5) is 10.4. The molecule has 1 N–H and O–H groups in total. The minimum atomic E-state index is -0.373. The van der Waals surface area contributed by atoms with Gasteiger partial charge in [0.25, 0.3) is 5.69 Å². The van der Waals surface area contributed by atoms with Crippen molar-refractivity contribution in [2.75, 3.05) is 5.32 Å². The monoisotopic (exact) mass is 348 g/mol. The summed E-state index contributed by atoms with van der Waals surface area (Å²) in [5.41, 5.74) is 3.10. The molecular weight excluding hydrogens is 332 g/mol. The number of hydrogen-bond acceptors (Lipinski definition) is 3. The number of rotatable bonds is 5. The van der Waals surface area contributed by atoms with Gasteiger partial charge in [-0.15, -0.1) is 0 Å². The maximum absolute atomic E-state index is 10.8. The number of nitrogens with zero attached hydrogens (tertiary/aromatic N) is 1. The molecule has 0 saturated carbocycles. The molecule has 1 unspecified atom stereocenters. The van der Waals surface area contributed by atoms with Gasteiger partial charge in [0.15, 0.2) is 0 Å². The minimum absolute atomic E-state index is 0.119. The van der Waals surface area contributed by atoms with Crippen LogP contribution < -0.4 is 5.32 Å². The highest BCUT2D eigenvalue weighted by molar-refractivity contribution is 9.10. The quantitative estimate of drug-likeness (QED) is 0.594. The molecule has 5 heteroatoms. The lowest BCUT2D eigenvalue weighted by molar-refractivity contribution is -0.384. The number of benzene rings is 2. The summed E-state index contributed by atoms with van der Waals surface area (Å²) in [5.74, 6) is 0. The maximum Gasteiger partial charge on any atom is 0.269 e. The Morgan fingerprint density at radius 3 is 2.62 bits per heavy atom. The van der Waals surface area contributed by atoms with Gasteiger partial charge < -0.3 is 5.32 Å². The Morgan fingerprint density at radius 2 is 2.05 bits per heavy atom. The van der Waals surface area contributed by atoms with E-state index in [1.165, 1.54) is 11.6 Å². The second-order valence-electron chi connectivity index (χ2n) is 4.92. The van der Waals surface area contributed by atoms with Gasteiger partial charge in [-0.3, -0.25) is 10.1 Å². The van der Waals surface area contributed by atoms with Crippen LogP contribution in [-0.4, -0.2) is 4.92 Å². The van der Waals surface area contributed by atoms with Gasteiger partial charge >= 0.3 is 0 Å². The lowest BCUT2D eigenvalue weighted by atomic mass is 10.0. The van der Waals surface area contributed by atoms with E-state index in [2.05, 4.69) is 40.3 Å². The summed E-state index contributed by atoms with van der Waals surface area (Å²) in [6.07, 6.45) is 0.923. The van der Waals surface area contributed by atoms with Crippen LogP contribution in [0, 0.1) is 17.0 Å². The highest BCUT2D eigenvalue weighted by Crippen LogP contribution is 2.28. The molecule has 0 bridgehead atoms. The van der Waals surface area contributed by atoms with E-state index in [0.717, 1.165) is 22.1 Å². The molecule has 2 aromatic rings. The molecule has 4 nitrogen and oxygen atoms in total. The smallest absolute Gasteiger partial charge is 0.269 e. The lowest BCUT2D eigenvalue weighted by Gasteiger charge is -2.20. The minimum Gasteiger partial charge on any atom is -0.378 e. The molecule has 0 amide bonds. The van der Waals surface area contributed by atoms with Crippen LogP contribution in [0.1, 0.15) is 30.5 Å². The van der Waals surface area contributed by atoms with Crippen molar-refractivity contribution < 1.29 is 4.92 Å². The van der Waals surface area contributed by atoms with Crippen LogP contribution in [-0.2, 0) is 0 Å². The zero-order valence-electron chi connectivity index (χ0n) is 12.0. The molecule has 2 aromatic carbocycles. The van der Waals surface area contributed by atoms with Gasteiger partial charge in [0.05, 0.1) is 11.0 Å². The van der Waals surface area contributed by atoms with E-state index >= 15 is 0 Å². The number of nitro benzene ring substituents is 1. The number of halogens is 1. The summed E-state index contributed by atoms with van der Waals surface area (Å²) in [6.45, 7) is 3.99. The molecule has 0 spiro atoms. The Morgan fingerprint density at radius 1 is 1.29 bits per heavy atom. The normalized spacial score (nSPS) is 12.0. The van der Waals surface area contributed by atoms with E-state index in [0.29, 0.717) is 0 Å². The largest absolute Gasteiger partial charge is 0.378 e. The summed E-state index contributed by atoms with van der Waals surface area (Å²) in [7, 11) is 0. The second-order valence-corrected chi connectivity index (χ2v) is 5.83. The average Bonchev–Trinajstić information content (AvgIpc) is 2.45. The predicted octanol–water partition coefficient (Wildman–Crippen LogP) is 5.23. The van der Waals surface area contributed by atoms with E-state index in [4.69, 9.17) is 0 Å². The number of nitro groups is 1. The van der Waals surface area contributed by atoms with E-state index in [1.807, 2.05) is 19.1 Å². The third kappa shape index (κ3) is 3.82. The van der Waals surface area contributed by atoms with Crippen molar-refractivity contribution in [2.45, 2.75) is 26.3 Å². The molecule has 0 aromatic heterocycles. The van der Waals surface area contributed by atoms with Gasteiger partial charge in [0, 0.05) is 22.3 Å². The number of hydrogen-bond donors (Lipinski definition) is 1. The van der Waals surface area contributed by atoms with Gasteiger partial charge in [0.2, 0.25) is 0 Å². The van der Waals surface area contributed by atoms with Crippen molar-refractivity contribution in [3.05, 3.63) is 68.2 Å². The molecule has 110 valence electrons. The Kier molecular flexibility index (Phi) is 4.96. The first-order valence-electron chi connectivity index (χ1n) is 6.78. The van der Waals surface area contributed by atoms with Crippen LogP contribution in [0.15, 0.2) is 46.9 Å². The standard InChI is InChI=1S/C16H17BrN2O2/c1-3-15(12-5-4-6-13(17)10-12)18-16-8-7-14(19(20)21)9-11(16)2/h4-10,15,18H,3H2,1-2H3. The summed E-state index contributed by atoms with van der Waals surface area (Å²) < 4.78 is 1.04. The third-order valence-corrected chi connectivity index (χ3v) is 3.90. The second kappa shape index (κ2) is 6.72. The third-order valence-electron chi connectivity index (χ3n) is 3.41. The molecule has 0 aliphatic carbocycles. The van der Waals surface area contributed by atoms with Crippen molar-refractivity contribution >= 4 is 27.3 Å². The first-order valence-corrected chi connectivity index (χ1v) is 7.57. The maximum atomic E-state index is 10.8. The summed E-state index contributed by atoms with van der Waals surface area (Å²) in [6, 6.07) is 13.2. The fourth-order valence-corrected chi connectivity index (χ4v) is 2.67. The van der Waals surface area contributed by atoms with Crippen molar-refractivity contribution in [3.63, 3.8) is 0 Å². The van der Waals surface area contributed by atoms with Crippen LogP contribution in [0.25, 0.3) is 0 Å². The van der Waals surface area contributed by atoms with E-state index in [1.54, 1.807) is 12.1 Å². The SMILES string of the molecule is CCC(Nc1ccc([N+](=O)[O-])cc1C)c1cccc(Br)c1. The number of non-ortho nitro benzene ring substituents is 1. The van der Waals surface area contributed by atoms with E-state index in [9.17, 15) is 10.1 Å². The molecule has 0 aliphatic heterocycles. The highest BCUT2D eigenvalue weighted by Gasteiger charge is 2.13. The molecule has 21 heavy (non-hydrogen) atoms. The van der Waals surface area contributed by atoms with Crippen molar-refractivity contribution in [1.29, 1.82) is 0 Å². The molecular formula is C16H17BrN2O2. The van der Waals surface area contributed by atoms with Gasteiger partial charge in [-0.05, 0) is 42.7 Å². The van der Waals surface area contributed by atoms with E-state index in [-0.39, 0.29) is 16.7 Å². The van der Waals surface area contributed by atoms with Gasteiger partial charge in [0.1, 0.15) is 0 Å². The molecule has 1 atom stereocenters. The molecule has 2 rings (SSSR count). The molecule has 0 saturated heterocycles. The number of nitrogens with one attached hydrogen (secondary N) is 1. The van der Waals surface area contributed by atoms with Crippen LogP contribution in [0.4, 0.5) is 11.4 Å². The van der Waals surface area contributed by atoms with Gasteiger partial charge in [-0.25, -0.2) is 0 Å². The highest BCUT2D eigenvalue weighted by atomic mass is 79.9. The van der Waals surface area contributed by atoms with Gasteiger partial charge in [-0.1, -0.05) is 35.0 Å². The predicted molar refractivity (Wildman–Crippen MR) is 88.6 cm³/mol. The van der Waals surface area contributed by atoms with E-state index < -0.39 is 0 Å². The van der Waals surface area contributed by atoms with Crippen molar-refractivity contribution in [2.24, 2.45) is 0 Å². The average molecular weight is 349 g/mol. The zero-order chi connectivity index (χ0) is 15.4. The van der Waals surface area contributed by atoms with Crippen LogP contribution >= 0.6 is 15.9 Å². The number of anilines is 1. The molecule has 0 radical (unpaired) electrons. The Labute approximate surface area is 132 Å². The summed E-state index contributed by atoms with van der Waals surface area (Å²) in [5, 5.41) is 14.2. The Bertz CT molecular complexity index is 658. The Balaban J connectivity index is 2.25. The zero-order valence-corrected chi connectivity index (χ0v) is 13.6. The molecule has 0 heterocycles.